The Hall–Kier alpha value is -2.24. The number of nitrogens with one attached hydrogen (secondary N) is 1. The lowest BCUT2D eigenvalue weighted by Gasteiger charge is -2.10. The minimum atomic E-state index is 0.673. The number of benzene rings is 1. The number of hydrogen-bond acceptors (Lipinski definition) is 5. The summed E-state index contributed by atoms with van der Waals surface area (Å²) in [7, 11) is 3.55. The number of nitrogen functional groups attached to an aromatic ring is 1. The molecule has 18 heavy (non-hydrogen) atoms. The molecule has 2 rings (SSSR count). The van der Waals surface area contributed by atoms with Gasteiger partial charge in [-0.15, -0.1) is 10.2 Å². The normalized spacial score (nSPS) is 10.3. The first-order valence-electron chi connectivity index (χ1n) is 5.71. The van der Waals surface area contributed by atoms with Gasteiger partial charge in [0.25, 0.3) is 0 Å². The van der Waals surface area contributed by atoms with Gasteiger partial charge < -0.3 is 20.4 Å². The van der Waals surface area contributed by atoms with Gasteiger partial charge in [-0.1, -0.05) is 0 Å². The van der Waals surface area contributed by atoms with E-state index in [0.717, 1.165) is 30.2 Å². The molecule has 1 heterocycles. The van der Waals surface area contributed by atoms with Crippen molar-refractivity contribution in [3.8, 4) is 5.75 Å². The van der Waals surface area contributed by atoms with Gasteiger partial charge in [-0.25, -0.2) is 0 Å². The van der Waals surface area contributed by atoms with Gasteiger partial charge in [0.15, 0.2) is 0 Å². The molecule has 96 valence electrons. The highest BCUT2D eigenvalue weighted by molar-refractivity contribution is 5.68. The Balaban J connectivity index is 1.92. The van der Waals surface area contributed by atoms with Crippen molar-refractivity contribution in [2.75, 3.05) is 24.7 Å². The van der Waals surface area contributed by atoms with E-state index < -0.39 is 0 Å². The Bertz CT molecular complexity index is 523. The molecule has 6 heteroatoms. The van der Waals surface area contributed by atoms with Crippen LogP contribution in [0, 0.1) is 0 Å². The second-order valence-corrected chi connectivity index (χ2v) is 3.99. The molecule has 0 fully saturated rings. The third kappa shape index (κ3) is 2.71. The number of methoxy groups -OCH3 is 1. The van der Waals surface area contributed by atoms with E-state index in [1.807, 2.05) is 23.7 Å². The van der Waals surface area contributed by atoms with Crippen molar-refractivity contribution in [2.45, 2.75) is 6.42 Å². The number of anilines is 2. The Labute approximate surface area is 106 Å². The second kappa shape index (κ2) is 5.39. The summed E-state index contributed by atoms with van der Waals surface area (Å²) in [5, 5.41) is 11.1. The van der Waals surface area contributed by atoms with Crippen molar-refractivity contribution in [3.05, 3.63) is 30.4 Å². The molecular weight excluding hydrogens is 230 g/mol. The third-order valence-electron chi connectivity index (χ3n) is 2.73. The smallest absolute Gasteiger partial charge is 0.134 e. The quantitative estimate of drug-likeness (QED) is 0.772. The van der Waals surface area contributed by atoms with Crippen LogP contribution in [0.2, 0.25) is 0 Å². The Morgan fingerprint density at radius 3 is 2.89 bits per heavy atom. The molecule has 0 saturated carbocycles. The van der Waals surface area contributed by atoms with Crippen molar-refractivity contribution < 1.29 is 4.74 Å². The van der Waals surface area contributed by atoms with Crippen LogP contribution in [0.5, 0.6) is 5.75 Å². The average Bonchev–Trinajstić information content (AvgIpc) is 2.77. The van der Waals surface area contributed by atoms with E-state index in [-0.39, 0.29) is 0 Å². The van der Waals surface area contributed by atoms with Crippen LogP contribution in [0.15, 0.2) is 24.5 Å². The Morgan fingerprint density at radius 1 is 1.44 bits per heavy atom. The first-order chi connectivity index (χ1) is 8.70. The highest BCUT2D eigenvalue weighted by Crippen LogP contribution is 2.23. The van der Waals surface area contributed by atoms with Crippen LogP contribution in [-0.4, -0.2) is 28.4 Å². The molecule has 0 spiro atoms. The fraction of sp³-hybridized carbons (Fsp3) is 0.333. The van der Waals surface area contributed by atoms with Gasteiger partial charge in [-0.05, 0) is 12.1 Å². The maximum absolute atomic E-state index is 5.91. The lowest BCUT2D eigenvalue weighted by atomic mass is 10.2. The predicted molar refractivity (Wildman–Crippen MR) is 70.6 cm³/mol. The molecule has 0 radical (unpaired) electrons. The summed E-state index contributed by atoms with van der Waals surface area (Å²) < 4.78 is 7.00. The van der Waals surface area contributed by atoms with Crippen molar-refractivity contribution in [2.24, 2.45) is 7.05 Å². The van der Waals surface area contributed by atoms with E-state index in [9.17, 15) is 0 Å². The zero-order valence-electron chi connectivity index (χ0n) is 10.6. The van der Waals surface area contributed by atoms with Crippen LogP contribution in [-0.2, 0) is 13.5 Å². The third-order valence-corrected chi connectivity index (χ3v) is 2.73. The molecule has 2 aromatic rings. The molecule has 0 aliphatic rings. The first kappa shape index (κ1) is 12.2. The standard InChI is InChI=1S/C12H17N5O/c1-17-8-15-16-12(17)5-6-14-11-4-3-9(18-2)7-10(11)13/h3-4,7-8,14H,5-6,13H2,1-2H3. The van der Waals surface area contributed by atoms with E-state index in [2.05, 4.69) is 15.5 Å². The van der Waals surface area contributed by atoms with Crippen molar-refractivity contribution in [1.82, 2.24) is 14.8 Å². The molecule has 1 aromatic carbocycles. The zero-order chi connectivity index (χ0) is 13.0. The number of rotatable bonds is 5. The fourth-order valence-electron chi connectivity index (χ4n) is 1.67. The van der Waals surface area contributed by atoms with E-state index in [4.69, 9.17) is 10.5 Å². The summed E-state index contributed by atoms with van der Waals surface area (Å²) in [4.78, 5) is 0. The largest absolute Gasteiger partial charge is 0.497 e. The number of nitrogens with two attached hydrogens (primary N) is 1. The number of aromatic nitrogens is 3. The van der Waals surface area contributed by atoms with Crippen LogP contribution < -0.4 is 15.8 Å². The summed E-state index contributed by atoms with van der Waals surface area (Å²) in [6.07, 6.45) is 2.49. The molecular formula is C12H17N5O. The van der Waals surface area contributed by atoms with Gasteiger partial charge in [0, 0.05) is 26.1 Å². The molecule has 0 unspecified atom stereocenters. The number of nitrogens with zero attached hydrogens (tertiary/aromatic N) is 3. The summed E-state index contributed by atoms with van der Waals surface area (Å²) in [5.74, 6) is 1.70. The van der Waals surface area contributed by atoms with Gasteiger partial charge in [0.1, 0.15) is 17.9 Å². The molecule has 0 bridgehead atoms. The highest BCUT2D eigenvalue weighted by atomic mass is 16.5. The predicted octanol–water partition coefficient (Wildman–Crippen LogP) is 1.06. The van der Waals surface area contributed by atoms with Gasteiger partial charge >= 0.3 is 0 Å². The number of aryl methyl sites for hydroxylation is 1. The molecule has 3 N–H and O–H groups in total. The molecule has 0 atom stereocenters. The topological polar surface area (TPSA) is 78.0 Å². The van der Waals surface area contributed by atoms with Crippen LogP contribution >= 0.6 is 0 Å². The monoisotopic (exact) mass is 247 g/mol. The SMILES string of the molecule is COc1ccc(NCCc2nncn2C)c(N)c1. The highest BCUT2D eigenvalue weighted by Gasteiger charge is 2.03. The Kier molecular flexibility index (Phi) is 3.66. The fourth-order valence-corrected chi connectivity index (χ4v) is 1.67. The van der Waals surface area contributed by atoms with Crippen molar-refractivity contribution >= 4 is 11.4 Å². The van der Waals surface area contributed by atoms with Gasteiger partial charge in [0.2, 0.25) is 0 Å². The number of hydrogen-bond donors (Lipinski definition) is 2. The van der Waals surface area contributed by atoms with Crippen LogP contribution in [0.3, 0.4) is 0 Å². The van der Waals surface area contributed by atoms with Crippen molar-refractivity contribution in [1.29, 1.82) is 0 Å². The molecule has 0 aliphatic heterocycles. The second-order valence-electron chi connectivity index (χ2n) is 3.99. The maximum atomic E-state index is 5.91. The number of ether oxygens (including phenoxy) is 1. The summed E-state index contributed by atoms with van der Waals surface area (Å²) >= 11 is 0. The summed E-state index contributed by atoms with van der Waals surface area (Å²) in [6, 6.07) is 5.58. The van der Waals surface area contributed by atoms with Gasteiger partial charge in [-0.3, -0.25) is 0 Å². The van der Waals surface area contributed by atoms with Crippen LogP contribution in [0.25, 0.3) is 0 Å². The van der Waals surface area contributed by atoms with E-state index >= 15 is 0 Å². The minimum absolute atomic E-state index is 0.673. The van der Waals surface area contributed by atoms with Crippen LogP contribution in [0.1, 0.15) is 5.82 Å². The van der Waals surface area contributed by atoms with E-state index in [1.165, 1.54) is 0 Å². The molecule has 0 aliphatic carbocycles. The van der Waals surface area contributed by atoms with Crippen LogP contribution in [0.4, 0.5) is 11.4 Å². The molecule has 0 amide bonds. The van der Waals surface area contributed by atoms with Crippen molar-refractivity contribution in [3.63, 3.8) is 0 Å². The van der Waals surface area contributed by atoms with Gasteiger partial charge in [-0.2, -0.15) is 0 Å². The summed E-state index contributed by atoms with van der Waals surface area (Å²) in [5.41, 5.74) is 7.48. The molecule has 1 aromatic heterocycles. The van der Waals surface area contributed by atoms with E-state index in [0.29, 0.717) is 5.69 Å². The molecule has 6 nitrogen and oxygen atoms in total. The van der Waals surface area contributed by atoms with E-state index in [1.54, 1.807) is 19.5 Å². The first-order valence-corrected chi connectivity index (χ1v) is 5.71. The zero-order valence-corrected chi connectivity index (χ0v) is 10.6. The Morgan fingerprint density at radius 2 is 2.28 bits per heavy atom. The lowest BCUT2D eigenvalue weighted by Crippen LogP contribution is -2.09. The maximum Gasteiger partial charge on any atom is 0.134 e. The lowest BCUT2D eigenvalue weighted by molar-refractivity contribution is 0.415. The van der Waals surface area contributed by atoms with Gasteiger partial charge in [0.05, 0.1) is 18.5 Å². The minimum Gasteiger partial charge on any atom is -0.497 e. The molecule has 0 saturated heterocycles. The summed E-state index contributed by atoms with van der Waals surface area (Å²) in [6.45, 7) is 0.753. The average molecular weight is 247 g/mol.